The largest absolute Gasteiger partial charge is 0.416 e. The average molecular weight is 422 g/mol. The standard InChI is InChI=1S/C23H26F4N2O/c24-22(12-4-7-18-5-2-1-3-6-18)13-15-29(16-14-22)17-21(30)28-20-10-8-19(9-11-20)23(25,26)27/h1-3,5-6,8-11H,4,7,12-17H2,(H,28,30). The molecule has 162 valence electrons. The van der Waals surface area contributed by atoms with Crippen molar-refractivity contribution >= 4 is 11.6 Å². The van der Waals surface area contributed by atoms with Gasteiger partial charge in [0.25, 0.3) is 0 Å². The molecule has 1 N–H and O–H groups in total. The summed E-state index contributed by atoms with van der Waals surface area (Å²) in [5, 5.41) is 2.60. The van der Waals surface area contributed by atoms with Crippen molar-refractivity contribution in [2.45, 2.75) is 43.9 Å². The number of nitrogens with one attached hydrogen (secondary N) is 1. The van der Waals surface area contributed by atoms with Crippen LogP contribution in [0.3, 0.4) is 0 Å². The van der Waals surface area contributed by atoms with Crippen LogP contribution in [0.25, 0.3) is 0 Å². The van der Waals surface area contributed by atoms with Crippen molar-refractivity contribution in [3.63, 3.8) is 0 Å². The first kappa shape index (κ1) is 22.3. The van der Waals surface area contributed by atoms with Crippen LogP contribution in [0.4, 0.5) is 23.2 Å². The van der Waals surface area contributed by atoms with E-state index in [4.69, 9.17) is 0 Å². The summed E-state index contributed by atoms with van der Waals surface area (Å²) < 4.78 is 52.8. The number of alkyl halides is 4. The molecular weight excluding hydrogens is 396 g/mol. The molecule has 1 heterocycles. The first-order chi connectivity index (χ1) is 14.2. The molecule has 0 unspecified atom stereocenters. The molecule has 1 fully saturated rings. The highest BCUT2D eigenvalue weighted by Gasteiger charge is 2.34. The van der Waals surface area contributed by atoms with E-state index in [2.05, 4.69) is 5.32 Å². The molecule has 0 spiro atoms. The fourth-order valence-corrected chi connectivity index (χ4v) is 3.76. The Labute approximate surface area is 174 Å². The Morgan fingerprint density at radius 3 is 2.23 bits per heavy atom. The molecule has 30 heavy (non-hydrogen) atoms. The number of anilines is 1. The Balaban J connectivity index is 1.39. The summed E-state index contributed by atoms with van der Waals surface area (Å²) in [6.07, 6.45) is -1.49. The molecule has 1 saturated heterocycles. The van der Waals surface area contributed by atoms with E-state index in [0.29, 0.717) is 38.0 Å². The lowest BCUT2D eigenvalue weighted by atomic mass is 9.87. The van der Waals surface area contributed by atoms with Crippen LogP contribution >= 0.6 is 0 Å². The van der Waals surface area contributed by atoms with Crippen LogP contribution in [0.15, 0.2) is 54.6 Å². The Morgan fingerprint density at radius 2 is 1.63 bits per heavy atom. The highest BCUT2D eigenvalue weighted by atomic mass is 19.4. The summed E-state index contributed by atoms with van der Waals surface area (Å²) in [7, 11) is 0. The average Bonchev–Trinajstić information content (AvgIpc) is 2.70. The molecule has 0 saturated carbocycles. The third kappa shape index (κ3) is 6.55. The monoisotopic (exact) mass is 422 g/mol. The number of likely N-dealkylation sites (tertiary alicyclic amines) is 1. The van der Waals surface area contributed by atoms with Crippen LogP contribution in [0.1, 0.15) is 36.8 Å². The first-order valence-electron chi connectivity index (χ1n) is 10.2. The molecule has 0 bridgehead atoms. The van der Waals surface area contributed by atoms with Crippen molar-refractivity contribution in [2.75, 3.05) is 25.0 Å². The zero-order chi connectivity index (χ0) is 21.6. The number of hydrogen-bond acceptors (Lipinski definition) is 2. The van der Waals surface area contributed by atoms with E-state index in [9.17, 15) is 18.0 Å². The van der Waals surface area contributed by atoms with E-state index < -0.39 is 17.4 Å². The van der Waals surface area contributed by atoms with Gasteiger partial charge in [0, 0.05) is 18.8 Å². The summed E-state index contributed by atoms with van der Waals surface area (Å²) >= 11 is 0. The van der Waals surface area contributed by atoms with E-state index >= 15 is 4.39 Å². The van der Waals surface area contributed by atoms with Crippen molar-refractivity contribution in [3.05, 3.63) is 65.7 Å². The minimum Gasteiger partial charge on any atom is -0.325 e. The number of benzene rings is 2. The maximum absolute atomic E-state index is 15.0. The topological polar surface area (TPSA) is 32.3 Å². The second-order valence-electron chi connectivity index (χ2n) is 7.89. The summed E-state index contributed by atoms with van der Waals surface area (Å²) in [4.78, 5) is 14.1. The predicted molar refractivity (Wildman–Crippen MR) is 109 cm³/mol. The molecule has 0 aromatic heterocycles. The second kappa shape index (κ2) is 9.60. The zero-order valence-electron chi connectivity index (χ0n) is 16.7. The van der Waals surface area contributed by atoms with Gasteiger partial charge in [0.05, 0.1) is 12.1 Å². The number of aryl methyl sites for hydroxylation is 1. The van der Waals surface area contributed by atoms with Gasteiger partial charge in [-0.05, 0) is 61.9 Å². The molecular formula is C23H26F4N2O. The third-order valence-corrected chi connectivity index (χ3v) is 5.55. The van der Waals surface area contributed by atoms with Gasteiger partial charge in [-0.25, -0.2) is 4.39 Å². The number of carbonyl (C=O) groups excluding carboxylic acids is 1. The highest BCUT2D eigenvalue weighted by Crippen LogP contribution is 2.32. The van der Waals surface area contributed by atoms with Gasteiger partial charge in [-0.3, -0.25) is 9.69 Å². The van der Waals surface area contributed by atoms with E-state index in [0.717, 1.165) is 25.0 Å². The van der Waals surface area contributed by atoms with Crippen molar-refractivity contribution in [2.24, 2.45) is 0 Å². The lowest BCUT2D eigenvalue weighted by molar-refractivity contribution is -0.137. The number of hydrogen-bond donors (Lipinski definition) is 1. The first-order valence-corrected chi connectivity index (χ1v) is 10.2. The van der Waals surface area contributed by atoms with Gasteiger partial charge in [-0.2, -0.15) is 13.2 Å². The molecule has 7 heteroatoms. The molecule has 0 atom stereocenters. The molecule has 3 nitrogen and oxygen atoms in total. The smallest absolute Gasteiger partial charge is 0.325 e. The van der Waals surface area contributed by atoms with Gasteiger partial charge in [0.1, 0.15) is 5.67 Å². The van der Waals surface area contributed by atoms with Gasteiger partial charge in [-0.15, -0.1) is 0 Å². The van der Waals surface area contributed by atoms with Crippen LogP contribution in [0, 0.1) is 0 Å². The molecule has 1 aliphatic rings. The van der Waals surface area contributed by atoms with Gasteiger partial charge < -0.3 is 5.32 Å². The highest BCUT2D eigenvalue weighted by molar-refractivity contribution is 5.92. The molecule has 0 aliphatic carbocycles. The second-order valence-corrected chi connectivity index (χ2v) is 7.89. The summed E-state index contributed by atoms with van der Waals surface area (Å²) in [6.45, 7) is 1.08. The van der Waals surface area contributed by atoms with E-state index in [-0.39, 0.29) is 12.5 Å². The Hall–Kier alpha value is -2.41. The predicted octanol–water partition coefficient (Wildman–Crippen LogP) is 5.47. The number of nitrogens with zero attached hydrogens (tertiary/aromatic N) is 1. The Morgan fingerprint density at radius 1 is 1.00 bits per heavy atom. The van der Waals surface area contributed by atoms with Crippen LogP contribution < -0.4 is 5.32 Å². The molecule has 0 radical (unpaired) electrons. The number of amides is 1. The molecule has 1 aliphatic heterocycles. The number of rotatable bonds is 7. The summed E-state index contributed by atoms with van der Waals surface area (Å²) in [5.41, 5.74) is -0.442. The van der Waals surface area contributed by atoms with Crippen molar-refractivity contribution in [3.8, 4) is 0 Å². The fraction of sp³-hybridized carbons (Fsp3) is 0.435. The van der Waals surface area contributed by atoms with E-state index in [1.165, 1.54) is 17.7 Å². The lowest BCUT2D eigenvalue weighted by Crippen LogP contribution is -2.44. The summed E-state index contributed by atoms with van der Waals surface area (Å²) in [6, 6.07) is 14.3. The Bertz CT molecular complexity index is 813. The molecule has 1 amide bonds. The minimum atomic E-state index is -4.41. The van der Waals surface area contributed by atoms with Gasteiger partial charge >= 0.3 is 6.18 Å². The van der Waals surface area contributed by atoms with Crippen molar-refractivity contribution in [1.29, 1.82) is 0 Å². The van der Waals surface area contributed by atoms with Gasteiger partial charge in [0.15, 0.2) is 0 Å². The van der Waals surface area contributed by atoms with E-state index in [1.807, 2.05) is 35.2 Å². The van der Waals surface area contributed by atoms with Gasteiger partial charge in [-0.1, -0.05) is 30.3 Å². The van der Waals surface area contributed by atoms with Crippen molar-refractivity contribution < 1.29 is 22.4 Å². The number of halogens is 4. The maximum atomic E-state index is 15.0. The normalized spacial score (nSPS) is 16.9. The van der Waals surface area contributed by atoms with Crippen LogP contribution in [0.2, 0.25) is 0 Å². The van der Waals surface area contributed by atoms with Crippen LogP contribution in [-0.4, -0.2) is 36.1 Å². The molecule has 2 aromatic carbocycles. The van der Waals surface area contributed by atoms with Gasteiger partial charge in [0.2, 0.25) is 5.91 Å². The summed E-state index contributed by atoms with van der Waals surface area (Å²) in [5.74, 6) is -0.315. The SMILES string of the molecule is O=C(CN1CCC(F)(CCCc2ccccc2)CC1)Nc1ccc(C(F)(F)F)cc1. The minimum absolute atomic E-state index is 0.0983. The zero-order valence-corrected chi connectivity index (χ0v) is 16.7. The van der Waals surface area contributed by atoms with Crippen LogP contribution in [0.5, 0.6) is 0 Å². The fourth-order valence-electron chi connectivity index (χ4n) is 3.76. The number of carbonyl (C=O) groups is 1. The quantitative estimate of drug-likeness (QED) is 0.600. The number of piperidine rings is 1. The maximum Gasteiger partial charge on any atom is 0.416 e. The van der Waals surface area contributed by atoms with Crippen LogP contribution in [-0.2, 0) is 17.4 Å². The molecule has 3 rings (SSSR count). The molecule has 2 aromatic rings. The van der Waals surface area contributed by atoms with Crippen molar-refractivity contribution in [1.82, 2.24) is 4.90 Å². The Kier molecular flexibility index (Phi) is 7.13. The lowest BCUT2D eigenvalue weighted by Gasteiger charge is -2.36. The third-order valence-electron chi connectivity index (χ3n) is 5.55. The van der Waals surface area contributed by atoms with E-state index in [1.54, 1.807) is 0 Å².